The van der Waals surface area contributed by atoms with Crippen LogP contribution in [0.4, 0.5) is 0 Å². The normalized spacial score (nSPS) is 9.00. The number of para-hydroxylation sites is 1. The van der Waals surface area contributed by atoms with Crippen molar-refractivity contribution in [2.75, 3.05) is 6.54 Å². The molecule has 88 valence electrons. The van der Waals surface area contributed by atoms with Crippen molar-refractivity contribution in [3.05, 3.63) is 57.3 Å². The summed E-state index contributed by atoms with van der Waals surface area (Å²) in [5.41, 5.74) is 7.99. The fourth-order valence-corrected chi connectivity index (χ4v) is 1.16. The third-order valence-corrected chi connectivity index (χ3v) is 1.92. The van der Waals surface area contributed by atoms with Crippen LogP contribution < -0.4 is 5.63 Å². The molecule has 0 saturated heterocycles. The van der Waals surface area contributed by atoms with Gasteiger partial charge in [0.05, 0.1) is 0 Å². The molecule has 0 amide bonds. The molecule has 0 spiro atoms. The van der Waals surface area contributed by atoms with Gasteiger partial charge in [-0.1, -0.05) is 36.7 Å². The Kier molecular flexibility index (Phi) is 5.34. The molecule has 0 unspecified atom stereocenters. The van der Waals surface area contributed by atoms with Gasteiger partial charge in [0.1, 0.15) is 5.58 Å². The molecule has 1 aromatic carbocycles. The lowest BCUT2D eigenvalue weighted by Gasteiger charge is -1.91. The second-order valence-corrected chi connectivity index (χ2v) is 3.25. The third-order valence-electron chi connectivity index (χ3n) is 1.92. The van der Waals surface area contributed by atoms with E-state index in [1.807, 2.05) is 25.1 Å². The molecule has 1 aromatic heterocycles. The predicted molar refractivity (Wildman–Crippen MR) is 66.8 cm³/mol. The summed E-state index contributed by atoms with van der Waals surface area (Å²) in [7, 11) is 0. The van der Waals surface area contributed by atoms with E-state index in [1.54, 1.807) is 12.1 Å². The highest BCUT2D eigenvalue weighted by Crippen LogP contribution is 2.08. The minimum absolute atomic E-state index is 0.302. The Bertz CT molecular complexity index is 571. The van der Waals surface area contributed by atoms with Crippen molar-refractivity contribution in [2.24, 2.45) is 5.11 Å². The van der Waals surface area contributed by atoms with E-state index in [2.05, 4.69) is 10.0 Å². The zero-order valence-corrected chi connectivity index (χ0v) is 9.54. The molecule has 0 saturated carbocycles. The molecule has 5 heteroatoms. The summed E-state index contributed by atoms with van der Waals surface area (Å²) in [6.07, 6.45) is 0.935. The lowest BCUT2D eigenvalue weighted by molar-refractivity contribution is 0.561. The highest BCUT2D eigenvalue weighted by molar-refractivity contribution is 5.75. The van der Waals surface area contributed by atoms with E-state index in [0.717, 1.165) is 11.8 Å². The SMILES string of the molecule is CCCN=[N+]=[N-].O=c1ccc2ccccc2o1. The van der Waals surface area contributed by atoms with Crippen LogP contribution in [0.3, 0.4) is 0 Å². The minimum atomic E-state index is -0.302. The van der Waals surface area contributed by atoms with Gasteiger partial charge in [-0.2, -0.15) is 0 Å². The summed E-state index contributed by atoms with van der Waals surface area (Å²) in [6, 6.07) is 10.6. The van der Waals surface area contributed by atoms with Gasteiger partial charge < -0.3 is 4.42 Å². The molecule has 1 heterocycles. The molecular formula is C12H13N3O2. The van der Waals surface area contributed by atoms with Crippen molar-refractivity contribution < 1.29 is 4.42 Å². The van der Waals surface area contributed by atoms with Gasteiger partial charge in [0.2, 0.25) is 0 Å². The molecule has 0 radical (unpaired) electrons. The molecule has 0 aliphatic heterocycles. The molecule has 2 aromatic rings. The first-order chi connectivity index (χ1) is 8.27. The summed E-state index contributed by atoms with van der Waals surface area (Å²) in [5.74, 6) is 0. The maximum absolute atomic E-state index is 10.7. The maximum atomic E-state index is 10.7. The van der Waals surface area contributed by atoms with E-state index in [9.17, 15) is 4.79 Å². The van der Waals surface area contributed by atoms with Gasteiger partial charge in [0.25, 0.3) is 0 Å². The molecule has 17 heavy (non-hydrogen) atoms. The Morgan fingerprint density at radius 2 is 2.06 bits per heavy atom. The average molecular weight is 231 g/mol. The maximum Gasteiger partial charge on any atom is 0.336 e. The minimum Gasteiger partial charge on any atom is -0.423 e. The predicted octanol–water partition coefficient (Wildman–Crippen LogP) is 3.50. The molecular weight excluding hydrogens is 218 g/mol. The number of hydrogen-bond acceptors (Lipinski definition) is 3. The molecule has 0 aliphatic carbocycles. The van der Waals surface area contributed by atoms with Crippen LogP contribution in [0.2, 0.25) is 0 Å². The second-order valence-electron chi connectivity index (χ2n) is 3.25. The number of rotatable bonds is 2. The lowest BCUT2D eigenvalue weighted by atomic mass is 10.2. The Balaban J connectivity index is 0.000000209. The topological polar surface area (TPSA) is 79.0 Å². The van der Waals surface area contributed by atoms with E-state index in [0.29, 0.717) is 12.1 Å². The van der Waals surface area contributed by atoms with Crippen LogP contribution in [0, 0.1) is 0 Å². The van der Waals surface area contributed by atoms with E-state index in [1.165, 1.54) is 6.07 Å². The summed E-state index contributed by atoms with van der Waals surface area (Å²) in [6.45, 7) is 2.59. The monoisotopic (exact) mass is 231 g/mol. The first kappa shape index (κ1) is 12.8. The van der Waals surface area contributed by atoms with Crippen molar-refractivity contribution >= 4 is 11.0 Å². The molecule has 0 fully saturated rings. The van der Waals surface area contributed by atoms with Crippen molar-refractivity contribution in [2.45, 2.75) is 13.3 Å². The van der Waals surface area contributed by atoms with Crippen molar-refractivity contribution in [1.82, 2.24) is 0 Å². The van der Waals surface area contributed by atoms with Gasteiger partial charge in [-0.15, -0.1) is 0 Å². The lowest BCUT2D eigenvalue weighted by Crippen LogP contribution is -1.93. The van der Waals surface area contributed by atoms with Crippen LogP contribution in [0.5, 0.6) is 0 Å². The van der Waals surface area contributed by atoms with Gasteiger partial charge in [-0.3, -0.25) is 0 Å². The Hall–Kier alpha value is -2.26. The number of benzene rings is 1. The van der Waals surface area contributed by atoms with Crippen LogP contribution >= 0.6 is 0 Å². The summed E-state index contributed by atoms with van der Waals surface area (Å²) in [5, 5.41) is 4.22. The summed E-state index contributed by atoms with van der Waals surface area (Å²) < 4.78 is 4.91. The number of nitrogens with zero attached hydrogens (tertiary/aromatic N) is 3. The molecule has 2 rings (SSSR count). The van der Waals surface area contributed by atoms with Crippen LogP contribution in [0.25, 0.3) is 21.4 Å². The van der Waals surface area contributed by atoms with E-state index < -0.39 is 0 Å². The number of fused-ring (bicyclic) bond motifs is 1. The van der Waals surface area contributed by atoms with Gasteiger partial charge in [-0.25, -0.2) is 4.79 Å². The van der Waals surface area contributed by atoms with Gasteiger partial charge >= 0.3 is 5.63 Å². The Labute approximate surface area is 98.3 Å². The van der Waals surface area contributed by atoms with Crippen molar-refractivity contribution in [1.29, 1.82) is 0 Å². The fourth-order valence-electron chi connectivity index (χ4n) is 1.16. The molecule has 0 atom stereocenters. The van der Waals surface area contributed by atoms with Gasteiger partial charge in [0.15, 0.2) is 0 Å². The van der Waals surface area contributed by atoms with Crippen LogP contribution in [-0.4, -0.2) is 6.54 Å². The van der Waals surface area contributed by atoms with E-state index in [-0.39, 0.29) is 5.63 Å². The Morgan fingerprint density at radius 3 is 2.71 bits per heavy atom. The number of hydrogen-bond donors (Lipinski definition) is 0. The highest BCUT2D eigenvalue weighted by atomic mass is 16.4. The van der Waals surface area contributed by atoms with Crippen LogP contribution in [-0.2, 0) is 0 Å². The van der Waals surface area contributed by atoms with E-state index >= 15 is 0 Å². The van der Waals surface area contributed by atoms with Crippen LogP contribution in [0.1, 0.15) is 13.3 Å². The zero-order valence-electron chi connectivity index (χ0n) is 9.54. The van der Waals surface area contributed by atoms with Gasteiger partial charge in [0, 0.05) is 22.9 Å². The summed E-state index contributed by atoms with van der Waals surface area (Å²) >= 11 is 0. The van der Waals surface area contributed by atoms with Gasteiger partial charge in [-0.05, 0) is 17.7 Å². The van der Waals surface area contributed by atoms with Crippen LogP contribution in [0.15, 0.2) is 50.7 Å². The average Bonchev–Trinajstić information content (AvgIpc) is 2.37. The zero-order chi connectivity index (χ0) is 12.5. The first-order valence-electron chi connectivity index (χ1n) is 5.27. The quantitative estimate of drug-likeness (QED) is 0.343. The standard InChI is InChI=1S/C9H6O2.C3H7N3/c10-9-6-5-7-3-1-2-4-8(7)11-9;1-2-3-5-6-4/h1-6H;2-3H2,1H3. The van der Waals surface area contributed by atoms with Crippen molar-refractivity contribution in [3.8, 4) is 0 Å². The largest absolute Gasteiger partial charge is 0.423 e. The highest BCUT2D eigenvalue weighted by Gasteiger charge is 1.92. The molecule has 0 bridgehead atoms. The summed E-state index contributed by atoms with van der Waals surface area (Å²) in [4.78, 5) is 13.3. The second kappa shape index (κ2) is 7.09. The molecule has 0 N–H and O–H groups in total. The molecule has 0 aliphatic rings. The Morgan fingerprint density at radius 1 is 1.29 bits per heavy atom. The third kappa shape index (κ3) is 4.40. The van der Waals surface area contributed by atoms with Crippen molar-refractivity contribution in [3.63, 3.8) is 0 Å². The fraction of sp³-hybridized carbons (Fsp3) is 0.250. The first-order valence-corrected chi connectivity index (χ1v) is 5.27. The molecule has 5 nitrogen and oxygen atoms in total. The number of azide groups is 1. The van der Waals surface area contributed by atoms with E-state index in [4.69, 9.17) is 9.95 Å². The smallest absolute Gasteiger partial charge is 0.336 e.